The van der Waals surface area contributed by atoms with Crippen LogP contribution in [0.25, 0.3) is 0 Å². The van der Waals surface area contributed by atoms with E-state index in [-0.39, 0.29) is 17.3 Å². The van der Waals surface area contributed by atoms with Crippen molar-refractivity contribution in [1.29, 1.82) is 0 Å². The molecule has 0 aromatic carbocycles. The van der Waals surface area contributed by atoms with Crippen LogP contribution in [0.3, 0.4) is 0 Å². The first-order valence-electron chi connectivity index (χ1n) is 12.5. The molecule has 0 saturated heterocycles. The second kappa shape index (κ2) is 7.44. The maximum absolute atomic E-state index is 12.6. The van der Waals surface area contributed by atoms with Gasteiger partial charge in [0.1, 0.15) is 0 Å². The molecule has 0 aromatic heterocycles. The first kappa shape index (κ1) is 22.5. The van der Waals surface area contributed by atoms with Crippen molar-refractivity contribution in [3.8, 4) is 0 Å². The van der Waals surface area contributed by atoms with Gasteiger partial charge in [0, 0.05) is 11.8 Å². The number of ketones is 1. The van der Waals surface area contributed by atoms with E-state index in [4.69, 9.17) is 4.43 Å². The van der Waals surface area contributed by atoms with E-state index in [2.05, 4.69) is 60.7 Å². The van der Waals surface area contributed by atoms with Crippen LogP contribution in [-0.2, 0) is 9.22 Å². The molecule has 0 N–H and O–H groups in total. The third-order valence-electron chi connectivity index (χ3n) is 9.69. The molecular weight excluding hydrogens is 384 g/mol. The third kappa shape index (κ3) is 3.25. The Balaban J connectivity index is 1.80. The summed E-state index contributed by atoms with van der Waals surface area (Å²) in [5, 5.41) is 0. The average molecular weight is 429 g/mol. The summed E-state index contributed by atoms with van der Waals surface area (Å²) >= 11 is 0. The van der Waals surface area contributed by atoms with Gasteiger partial charge in [0.25, 0.3) is 0 Å². The van der Waals surface area contributed by atoms with Crippen LogP contribution in [0, 0.1) is 39.9 Å². The molecule has 4 aliphatic carbocycles. The molecule has 7 atom stereocenters. The fourth-order valence-electron chi connectivity index (χ4n) is 8.52. The number of rotatable bonds is 3. The molecule has 4 aliphatic rings. The molecule has 0 heterocycles. The van der Waals surface area contributed by atoms with E-state index in [1.165, 1.54) is 31.3 Å². The van der Waals surface area contributed by atoms with Gasteiger partial charge in [0.2, 0.25) is 0 Å². The Morgan fingerprint density at radius 1 is 1.10 bits per heavy atom. The van der Waals surface area contributed by atoms with Gasteiger partial charge in [-0.3, -0.25) is 4.79 Å². The highest BCUT2D eigenvalue weighted by Gasteiger charge is 2.62. The van der Waals surface area contributed by atoms with Crippen LogP contribution in [0.15, 0.2) is 23.3 Å². The van der Waals surface area contributed by atoms with Crippen molar-refractivity contribution >= 4 is 14.8 Å². The van der Waals surface area contributed by atoms with Crippen LogP contribution in [0.5, 0.6) is 0 Å². The molecule has 0 aromatic rings. The molecular formula is C27H44O2Si. The summed E-state index contributed by atoms with van der Waals surface area (Å²) in [4.78, 5) is 12.6. The van der Waals surface area contributed by atoms with Crippen molar-refractivity contribution in [2.45, 2.75) is 99.3 Å². The van der Waals surface area contributed by atoms with Crippen molar-refractivity contribution in [2.24, 2.45) is 39.9 Å². The first-order chi connectivity index (χ1) is 13.9. The van der Waals surface area contributed by atoms with E-state index in [1.807, 2.05) is 6.08 Å². The van der Waals surface area contributed by atoms with Crippen LogP contribution in [0.4, 0.5) is 0 Å². The van der Waals surface area contributed by atoms with Gasteiger partial charge >= 0.3 is 0 Å². The van der Waals surface area contributed by atoms with Crippen molar-refractivity contribution in [3.05, 3.63) is 23.3 Å². The summed E-state index contributed by atoms with van der Waals surface area (Å²) in [5.41, 5.74) is 3.71. The summed E-state index contributed by atoms with van der Waals surface area (Å²) in [6.07, 6.45) is 11.6. The molecule has 0 radical (unpaired) electrons. The molecule has 0 amide bonds. The summed E-state index contributed by atoms with van der Waals surface area (Å²) in [6, 6.07) is 0. The van der Waals surface area contributed by atoms with Crippen molar-refractivity contribution in [3.63, 3.8) is 0 Å². The van der Waals surface area contributed by atoms with Gasteiger partial charge in [0.15, 0.2) is 14.8 Å². The zero-order chi connectivity index (χ0) is 22.1. The predicted molar refractivity (Wildman–Crippen MR) is 128 cm³/mol. The Morgan fingerprint density at radius 3 is 2.40 bits per heavy atom. The average Bonchev–Trinajstić information content (AvgIpc) is 2.99. The van der Waals surface area contributed by atoms with Crippen LogP contribution >= 0.6 is 0 Å². The summed E-state index contributed by atoms with van der Waals surface area (Å²) in [7, 11) is -1.22. The zero-order valence-corrected chi connectivity index (χ0v) is 21.8. The Morgan fingerprint density at radius 2 is 1.80 bits per heavy atom. The minimum atomic E-state index is -1.22. The van der Waals surface area contributed by atoms with Gasteiger partial charge in [-0.2, -0.15) is 0 Å². The number of hydrogen-bond acceptors (Lipinski definition) is 2. The molecule has 0 aliphatic heterocycles. The van der Waals surface area contributed by atoms with E-state index < -0.39 is 9.04 Å². The quantitative estimate of drug-likeness (QED) is 0.467. The van der Waals surface area contributed by atoms with E-state index in [1.54, 1.807) is 5.57 Å². The normalized spacial score (nSPS) is 43.6. The lowest BCUT2D eigenvalue weighted by molar-refractivity contribution is -0.122. The van der Waals surface area contributed by atoms with Crippen molar-refractivity contribution in [2.75, 3.05) is 0 Å². The number of carbonyl (C=O) groups is 1. The van der Waals surface area contributed by atoms with Crippen LogP contribution in [-0.4, -0.2) is 20.9 Å². The largest absolute Gasteiger partial charge is 0.416 e. The molecule has 30 heavy (non-hydrogen) atoms. The number of allylic oxidation sites excluding steroid dienone is 3. The van der Waals surface area contributed by atoms with E-state index in [0.717, 1.165) is 18.3 Å². The summed E-state index contributed by atoms with van der Waals surface area (Å²) < 4.78 is 6.61. The molecule has 2 saturated carbocycles. The Kier molecular flexibility index (Phi) is 5.58. The zero-order valence-electron chi connectivity index (χ0n) is 20.7. The molecule has 1 unspecified atom stereocenters. The smallest absolute Gasteiger partial charge is 0.171 e. The maximum atomic E-state index is 12.6. The van der Waals surface area contributed by atoms with Gasteiger partial charge in [0.05, 0.1) is 6.10 Å². The minimum absolute atomic E-state index is 0.00430. The fourth-order valence-corrected chi connectivity index (χ4v) is 9.56. The van der Waals surface area contributed by atoms with E-state index in [9.17, 15) is 4.79 Å². The summed E-state index contributed by atoms with van der Waals surface area (Å²) in [6.45, 7) is 19.3. The first-order valence-corrected chi connectivity index (χ1v) is 15.3. The Bertz CT molecular complexity index is 772. The lowest BCUT2D eigenvalue weighted by Gasteiger charge is -2.60. The highest BCUT2D eigenvalue weighted by atomic mass is 28.3. The Hall–Kier alpha value is -0.673. The standard InChI is InChI=1S/C27H44O2Si/c1-9-17-14-18-15-19(28)16-23(29-30(7)8)27(18,6)21-12-13-26(5)20(24(17)21)10-11-22(26)25(2,3)4/h14-15,20-24,30H,9-13,16H2,1-8H3/t20-,21-,22+,23?,24-,26-,27-/m0/s1. The molecule has 4 rings (SSSR count). The summed E-state index contributed by atoms with van der Waals surface area (Å²) in [5.74, 6) is 3.13. The molecule has 0 spiro atoms. The van der Waals surface area contributed by atoms with Gasteiger partial charge in [-0.25, -0.2) is 0 Å². The third-order valence-corrected chi connectivity index (χ3v) is 10.6. The number of carbonyl (C=O) groups excluding carboxylic acids is 1. The highest BCUT2D eigenvalue weighted by molar-refractivity contribution is 6.48. The fraction of sp³-hybridized carbons (Fsp3) is 0.815. The van der Waals surface area contributed by atoms with Crippen LogP contribution in [0.1, 0.15) is 80.1 Å². The lowest BCUT2D eigenvalue weighted by Crippen LogP contribution is -2.56. The topological polar surface area (TPSA) is 26.3 Å². The van der Waals surface area contributed by atoms with E-state index in [0.29, 0.717) is 29.1 Å². The van der Waals surface area contributed by atoms with Gasteiger partial charge in [-0.15, -0.1) is 0 Å². The van der Waals surface area contributed by atoms with Crippen molar-refractivity contribution in [1.82, 2.24) is 0 Å². The van der Waals surface area contributed by atoms with Gasteiger partial charge in [-0.05, 0) is 91.3 Å². The molecule has 168 valence electrons. The second-order valence-corrected chi connectivity index (χ2v) is 14.9. The monoisotopic (exact) mass is 428 g/mol. The van der Waals surface area contributed by atoms with Gasteiger partial charge in [-0.1, -0.05) is 53.2 Å². The maximum Gasteiger partial charge on any atom is 0.171 e. The number of hydrogen-bond donors (Lipinski definition) is 0. The van der Waals surface area contributed by atoms with Crippen LogP contribution in [0.2, 0.25) is 13.1 Å². The molecule has 0 bridgehead atoms. The molecule has 2 fully saturated rings. The highest BCUT2D eigenvalue weighted by Crippen LogP contribution is 2.69. The predicted octanol–water partition coefficient (Wildman–Crippen LogP) is 6.72. The second-order valence-electron chi connectivity index (χ2n) is 12.6. The van der Waals surface area contributed by atoms with Crippen LogP contribution < -0.4 is 0 Å². The van der Waals surface area contributed by atoms with Gasteiger partial charge < -0.3 is 4.43 Å². The number of fused-ring (bicyclic) bond motifs is 5. The Labute approximate surface area is 186 Å². The van der Waals surface area contributed by atoms with E-state index >= 15 is 0 Å². The van der Waals surface area contributed by atoms with Crippen molar-refractivity contribution < 1.29 is 9.22 Å². The lowest BCUT2D eigenvalue weighted by atomic mass is 9.45. The molecule has 3 heteroatoms. The minimum Gasteiger partial charge on any atom is -0.416 e. The SMILES string of the molecule is CCC1=CC2=CC(=O)CC(O[SiH](C)C)[C@]2(C)[C@H]2CC[C@]3(C)[C@@H](C(C)(C)C)CC[C@H]3[C@H]12. The molecule has 2 nitrogen and oxygen atoms in total.